The smallest absolute Gasteiger partial charge is 0.331 e. The highest BCUT2D eigenvalue weighted by atomic mass is 35.5. The molecule has 282 valence electrons. The predicted octanol–water partition coefficient (Wildman–Crippen LogP) is 8.35. The number of carbonyl (C=O) groups is 2. The summed E-state index contributed by atoms with van der Waals surface area (Å²) in [7, 11) is 1.32. The topological polar surface area (TPSA) is 119 Å². The lowest BCUT2D eigenvalue weighted by Gasteiger charge is -2.33. The summed E-state index contributed by atoms with van der Waals surface area (Å²) in [6.45, 7) is 2.79. The maximum Gasteiger partial charge on any atom is 0.331 e. The fourth-order valence-corrected chi connectivity index (χ4v) is 7.04. The van der Waals surface area contributed by atoms with Crippen LogP contribution in [0.1, 0.15) is 46.4 Å². The van der Waals surface area contributed by atoms with Gasteiger partial charge in [0.05, 0.1) is 34.8 Å². The van der Waals surface area contributed by atoms with Crippen LogP contribution in [0.3, 0.4) is 0 Å². The third-order valence-electron chi connectivity index (χ3n) is 9.74. The Balaban J connectivity index is 0.00000514. The molecule has 3 unspecified atom stereocenters. The molecule has 5 aromatic rings. The fourth-order valence-electron chi connectivity index (χ4n) is 6.72. The summed E-state index contributed by atoms with van der Waals surface area (Å²) in [6, 6.07) is 33.7. The second-order valence-electron chi connectivity index (χ2n) is 13.6. The third-order valence-corrected chi connectivity index (χ3v) is 10.5. The molecule has 0 bridgehead atoms. The zero-order chi connectivity index (χ0) is 37.8. The van der Waals surface area contributed by atoms with Gasteiger partial charge in [0.25, 0.3) is 0 Å². The Hall–Kier alpha value is -5.24. The molecule has 9 nitrogen and oxygen atoms in total. The highest BCUT2D eigenvalue weighted by Gasteiger charge is 2.39. The minimum atomic E-state index is -1.30. The molecule has 0 aliphatic carbocycles. The van der Waals surface area contributed by atoms with Gasteiger partial charge in [0.1, 0.15) is 24.5 Å². The molecular weight excluding hydrogens is 761 g/mol. The van der Waals surface area contributed by atoms with E-state index in [0.29, 0.717) is 59.0 Å². The first kappa shape index (κ1) is 39.5. The second kappa shape index (κ2) is 17.1. The van der Waals surface area contributed by atoms with Crippen molar-refractivity contribution in [2.75, 3.05) is 13.7 Å². The molecule has 0 saturated carbocycles. The Kier molecular flexibility index (Phi) is 12.2. The summed E-state index contributed by atoms with van der Waals surface area (Å²) in [5.74, 6) is 1.13. The second-order valence-corrected chi connectivity index (χ2v) is 14.4. The zero-order valence-electron chi connectivity index (χ0n) is 30.1. The number of halogens is 3. The summed E-state index contributed by atoms with van der Waals surface area (Å²) < 4.78 is 23.6. The Morgan fingerprint density at radius 3 is 2.24 bits per heavy atom. The van der Waals surface area contributed by atoms with E-state index in [1.165, 1.54) is 7.11 Å². The third kappa shape index (κ3) is 9.01. The molecule has 7 rings (SSSR count). The number of nitrogens with zero attached hydrogens (tertiary/aromatic N) is 1. The van der Waals surface area contributed by atoms with Crippen LogP contribution in [0.15, 0.2) is 103 Å². The standard InChI is InChI=1S/C43H37Cl2N3O6.ClH/c1-43(42(50)51-2,21-26-3-8-29(9-4-26)30-10-5-27(22-46)6-11-30)48-41(49)37-18-32-19-38-39(20-33(32)23-47-37)54-40(25-53-38)31-12-14-34(15-13-31)52-24-28-7-16-35(44)36(45)17-28;/h3-17,19-20,37,40,47H,18,21,23-25H2,1-2H3,(H,48,49);1H. The molecule has 12 heteroatoms. The molecule has 0 fully saturated rings. The van der Waals surface area contributed by atoms with Gasteiger partial charge in [0.2, 0.25) is 5.91 Å². The molecule has 2 aliphatic rings. The molecule has 0 spiro atoms. The lowest BCUT2D eigenvalue weighted by molar-refractivity contribution is -0.150. The minimum Gasteiger partial charge on any atom is -0.489 e. The van der Waals surface area contributed by atoms with Crippen LogP contribution in [0.5, 0.6) is 17.2 Å². The molecule has 3 atom stereocenters. The summed E-state index contributed by atoms with van der Waals surface area (Å²) in [4.78, 5) is 26.8. The van der Waals surface area contributed by atoms with Crippen LogP contribution in [-0.2, 0) is 40.3 Å². The van der Waals surface area contributed by atoms with Crippen molar-refractivity contribution in [3.8, 4) is 34.4 Å². The van der Waals surface area contributed by atoms with E-state index in [2.05, 4.69) is 16.7 Å². The van der Waals surface area contributed by atoms with Crippen LogP contribution in [0.25, 0.3) is 11.1 Å². The van der Waals surface area contributed by atoms with Gasteiger partial charge in [-0.3, -0.25) is 4.79 Å². The number of benzene rings is 5. The van der Waals surface area contributed by atoms with Crippen LogP contribution in [-0.4, -0.2) is 37.2 Å². The molecule has 55 heavy (non-hydrogen) atoms. The Morgan fingerprint density at radius 2 is 1.56 bits per heavy atom. The zero-order valence-corrected chi connectivity index (χ0v) is 32.4. The van der Waals surface area contributed by atoms with Gasteiger partial charge >= 0.3 is 5.97 Å². The molecular formula is C43H38Cl3N3O6. The lowest BCUT2D eigenvalue weighted by Crippen LogP contribution is -2.59. The summed E-state index contributed by atoms with van der Waals surface area (Å²) in [5, 5.41) is 16.4. The first-order valence-electron chi connectivity index (χ1n) is 17.5. The van der Waals surface area contributed by atoms with Gasteiger partial charge in [0, 0.05) is 13.0 Å². The van der Waals surface area contributed by atoms with E-state index in [-0.39, 0.29) is 30.8 Å². The first-order valence-corrected chi connectivity index (χ1v) is 18.2. The number of fused-ring (bicyclic) bond motifs is 2. The summed E-state index contributed by atoms with van der Waals surface area (Å²) in [5.41, 5.74) is 5.93. The van der Waals surface area contributed by atoms with E-state index in [1.807, 2.05) is 78.9 Å². The molecule has 2 aliphatic heterocycles. The van der Waals surface area contributed by atoms with Gasteiger partial charge in [-0.25, -0.2) is 4.79 Å². The number of carbonyl (C=O) groups excluding carboxylic acids is 2. The van der Waals surface area contributed by atoms with Crippen LogP contribution in [0.4, 0.5) is 0 Å². The van der Waals surface area contributed by atoms with Gasteiger partial charge in [-0.15, -0.1) is 12.4 Å². The SMILES string of the molecule is COC(=O)C(C)(Cc1ccc(-c2ccc(C#N)cc2)cc1)NC(=O)C1Cc2cc3c(cc2CN1)OC(c1ccc(OCc2ccc(Cl)c(Cl)c2)cc1)CO3.Cl. The van der Waals surface area contributed by atoms with E-state index >= 15 is 0 Å². The number of methoxy groups -OCH3 is 1. The van der Waals surface area contributed by atoms with Crippen molar-refractivity contribution in [2.45, 2.75) is 50.6 Å². The quantitative estimate of drug-likeness (QED) is 0.136. The van der Waals surface area contributed by atoms with Crippen molar-refractivity contribution in [3.63, 3.8) is 0 Å². The number of rotatable bonds is 10. The minimum absolute atomic E-state index is 0. The molecule has 0 aromatic heterocycles. The largest absolute Gasteiger partial charge is 0.489 e. The van der Waals surface area contributed by atoms with Crippen molar-refractivity contribution in [1.82, 2.24) is 10.6 Å². The number of nitrogens with one attached hydrogen (secondary N) is 2. The molecule has 5 aromatic carbocycles. The average molecular weight is 799 g/mol. The average Bonchev–Trinajstić information content (AvgIpc) is 3.20. The molecule has 2 heterocycles. The fraction of sp³-hybridized carbons (Fsp3) is 0.233. The highest BCUT2D eigenvalue weighted by molar-refractivity contribution is 6.42. The van der Waals surface area contributed by atoms with Gasteiger partial charge in [-0.1, -0.05) is 77.8 Å². The maximum atomic E-state index is 13.7. The van der Waals surface area contributed by atoms with Crippen molar-refractivity contribution < 1.29 is 28.5 Å². The van der Waals surface area contributed by atoms with Gasteiger partial charge < -0.3 is 29.6 Å². The monoisotopic (exact) mass is 797 g/mol. The summed E-state index contributed by atoms with van der Waals surface area (Å²) in [6.07, 6.45) is 0.330. The van der Waals surface area contributed by atoms with Crippen molar-refractivity contribution in [3.05, 3.63) is 147 Å². The highest BCUT2D eigenvalue weighted by Crippen LogP contribution is 2.40. The van der Waals surface area contributed by atoms with Crippen LogP contribution in [0, 0.1) is 11.3 Å². The van der Waals surface area contributed by atoms with E-state index in [4.69, 9.17) is 47.4 Å². The van der Waals surface area contributed by atoms with Gasteiger partial charge in [0.15, 0.2) is 17.6 Å². The van der Waals surface area contributed by atoms with Crippen molar-refractivity contribution in [1.29, 1.82) is 5.26 Å². The number of nitriles is 1. The number of hydrogen-bond donors (Lipinski definition) is 2. The first-order chi connectivity index (χ1) is 26.1. The van der Waals surface area contributed by atoms with E-state index in [1.54, 1.807) is 31.2 Å². The Bertz CT molecular complexity index is 2230. The molecule has 1 amide bonds. The summed E-state index contributed by atoms with van der Waals surface area (Å²) >= 11 is 12.1. The Morgan fingerprint density at radius 1 is 0.891 bits per heavy atom. The van der Waals surface area contributed by atoms with E-state index in [0.717, 1.165) is 38.9 Å². The number of hydrogen-bond acceptors (Lipinski definition) is 8. The van der Waals surface area contributed by atoms with Gasteiger partial charge in [-0.2, -0.15) is 5.26 Å². The number of ether oxygens (including phenoxy) is 4. The van der Waals surface area contributed by atoms with Crippen molar-refractivity contribution >= 4 is 47.5 Å². The van der Waals surface area contributed by atoms with E-state index in [9.17, 15) is 9.59 Å². The predicted molar refractivity (Wildman–Crippen MR) is 213 cm³/mol. The maximum absolute atomic E-state index is 13.7. The van der Waals surface area contributed by atoms with Crippen LogP contribution in [0.2, 0.25) is 10.0 Å². The Labute approximate surface area is 335 Å². The van der Waals surface area contributed by atoms with Crippen molar-refractivity contribution in [2.24, 2.45) is 0 Å². The molecule has 0 saturated heterocycles. The van der Waals surface area contributed by atoms with Crippen LogP contribution >= 0.6 is 35.6 Å². The molecule has 0 radical (unpaired) electrons. The van der Waals surface area contributed by atoms with Gasteiger partial charge in [-0.05, 0) is 101 Å². The van der Waals surface area contributed by atoms with E-state index < -0.39 is 17.6 Å². The number of amides is 1. The molecule has 2 N–H and O–H groups in total. The lowest BCUT2D eigenvalue weighted by atomic mass is 9.90. The normalized spacial score (nSPS) is 16.6. The number of esters is 1. The van der Waals surface area contributed by atoms with Crippen LogP contribution < -0.4 is 24.8 Å².